The minimum absolute atomic E-state index is 0.116. The summed E-state index contributed by atoms with van der Waals surface area (Å²) in [6.45, 7) is 3.65. The van der Waals surface area contributed by atoms with Crippen LogP contribution in [0.3, 0.4) is 0 Å². The average molecular weight is 329 g/mol. The second-order valence-corrected chi connectivity index (χ2v) is 7.67. The van der Waals surface area contributed by atoms with Gasteiger partial charge in [0.05, 0.1) is 10.8 Å². The molecule has 2 aromatic carbocycles. The molecular weight excluding hydrogens is 310 g/mol. The minimum Gasteiger partial charge on any atom is -0.274 e. The monoisotopic (exact) mass is 329 g/mol. The third kappa shape index (κ3) is 2.15. The summed E-state index contributed by atoms with van der Waals surface area (Å²) < 4.78 is 31.2. The predicted molar refractivity (Wildman–Crippen MR) is 87.6 cm³/mol. The third-order valence-electron chi connectivity index (χ3n) is 4.98. The number of fused-ring (bicyclic) bond motifs is 2. The summed E-state index contributed by atoms with van der Waals surface area (Å²) in [7, 11) is -3.75. The normalized spacial score (nSPS) is 29.0. The van der Waals surface area contributed by atoms with Gasteiger partial charge in [-0.05, 0) is 29.8 Å². The molecule has 4 nitrogen and oxygen atoms in total. The van der Waals surface area contributed by atoms with Gasteiger partial charge in [0, 0.05) is 13.0 Å². The van der Waals surface area contributed by atoms with Gasteiger partial charge in [-0.25, -0.2) is 4.18 Å². The highest BCUT2D eigenvalue weighted by atomic mass is 32.2. The molecule has 2 bridgehead atoms. The van der Waals surface area contributed by atoms with Crippen molar-refractivity contribution in [2.45, 2.75) is 29.9 Å². The Bertz CT molecular complexity index is 832. The van der Waals surface area contributed by atoms with E-state index in [1.807, 2.05) is 43.3 Å². The molecule has 4 rings (SSSR count). The van der Waals surface area contributed by atoms with Gasteiger partial charge in [-0.1, -0.05) is 49.4 Å². The molecule has 1 fully saturated rings. The molecule has 0 aliphatic carbocycles. The van der Waals surface area contributed by atoms with Crippen LogP contribution in [0.2, 0.25) is 0 Å². The van der Waals surface area contributed by atoms with Crippen LogP contribution in [-0.4, -0.2) is 32.1 Å². The van der Waals surface area contributed by atoms with Crippen LogP contribution in [0.15, 0.2) is 59.5 Å². The molecule has 0 amide bonds. The number of benzene rings is 2. The highest BCUT2D eigenvalue weighted by Crippen LogP contribution is 2.50. The van der Waals surface area contributed by atoms with Crippen LogP contribution >= 0.6 is 0 Å². The fourth-order valence-electron chi connectivity index (χ4n) is 3.83. The van der Waals surface area contributed by atoms with Gasteiger partial charge in [-0.15, -0.1) is 0 Å². The summed E-state index contributed by atoms with van der Waals surface area (Å²) in [6.07, 6.45) is 0.706. The molecule has 120 valence electrons. The van der Waals surface area contributed by atoms with Gasteiger partial charge in [-0.2, -0.15) is 8.42 Å². The number of likely N-dealkylation sites (tertiary alicyclic amines) is 1. The first-order valence-electron chi connectivity index (χ1n) is 7.92. The SMILES string of the molecule is CCN1CCC12OS(=O)(=O)c1cccc(c1)C2c1ccccc1. The summed E-state index contributed by atoms with van der Waals surface area (Å²) in [5, 5.41) is 0. The molecule has 2 aromatic rings. The van der Waals surface area contributed by atoms with Crippen molar-refractivity contribution in [1.29, 1.82) is 0 Å². The van der Waals surface area contributed by atoms with E-state index in [4.69, 9.17) is 4.18 Å². The number of nitrogens with zero attached hydrogens (tertiary/aromatic N) is 1. The highest BCUT2D eigenvalue weighted by Gasteiger charge is 2.56. The van der Waals surface area contributed by atoms with Crippen LogP contribution in [0.1, 0.15) is 30.4 Å². The molecule has 0 N–H and O–H groups in total. The molecule has 1 saturated heterocycles. The maximum atomic E-state index is 12.7. The second-order valence-electron chi connectivity index (χ2n) is 6.13. The van der Waals surface area contributed by atoms with Crippen LogP contribution in [0, 0.1) is 0 Å². The van der Waals surface area contributed by atoms with E-state index in [9.17, 15) is 8.42 Å². The first-order chi connectivity index (χ1) is 11.1. The molecular formula is C18H19NO3S. The van der Waals surface area contributed by atoms with Crippen molar-refractivity contribution in [3.63, 3.8) is 0 Å². The van der Waals surface area contributed by atoms with E-state index in [-0.39, 0.29) is 10.8 Å². The molecule has 1 spiro atoms. The lowest BCUT2D eigenvalue weighted by Crippen LogP contribution is -2.64. The van der Waals surface area contributed by atoms with Gasteiger partial charge < -0.3 is 0 Å². The van der Waals surface area contributed by atoms with Crippen molar-refractivity contribution < 1.29 is 12.6 Å². The summed E-state index contributed by atoms with van der Waals surface area (Å²) in [5.41, 5.74) is 1.26. The molecule has 2 atom stereocenters. The third-order valence-corrected chi connectivity index (χ3v) is 6.31. The van der Waals surface area contributed by atoms with Crippen LogP contribution in [0.5, 0.6) is 0 Å². The molecule has 23 heavy (non-hydrogen) atoms. The maximum absolute atomic E-state index is 12.7. The van der Waals surface area contributed by atoms with E-state index in [2.05, 4.69) is 4.90 Å². The van der Waals surface area contributed by atoms with Gasteiger partial charge in [0.1, 0.15) is 0 Å². The Morgan fingerprint density at radius 3 is 2.52 bits per heavy atom. The van der Waals surface area contributed by atoms with Crippen molar-refractivity contribution in [3.05, 3.63) is 65.7 Å². The molecule has 0 aromatic heterocycles. The molecule has 2 aliphatic heterocycles. The van der Waals surface area contributed by atoms with E-state index >= 15 is 0 Å². The van der Waals surface area contributed by atoms with Gasteiger partial charge in [0.25, 0.3) is 10.1 Å². The summed E-state index contributed by atoms with van der Waals surface area (Å²) in [6, 6.07) is 17.2. The molecule has 5 heteroatoms. The molecule has 2 heterocycles. The Labute approximate surface area is 136 Å². The van der Waals surface area contributed by atoms with E-state index in [0.717, 1.165) is 24.2 Å². The van der Waals surface area contributed by atoms with Crippen molar-refractivity contribution >= 4 is 10.1 Å². The minimum atomic E-state index is -3.75. The quantitative estimate of drug-likeness (QED) is 0.795. The predicted octanol–water partition coefficient (Wildman–Crippen LogP) is 2.96. The number of hydrogen-bond acceptors (Lipinski definition) is 4. The van der Waals surface area contributed by atoms with E-state index in [0.29, 0.717) is 6.42 Å². The van der Waals surface area contributed by atoms with E-state index in [1.54, 1.807) is 18.2 Å². The zero-order valence-corrected chi connectivity index (χ0v) is 13.8. The number of likely N-dealkylation sites (N-methyl/N-ethyl adjacent to an activating group) is 1. The zero-order chi connectivity index (χ0) is 16.1. The largest absolute Gasteiger partial charge is 0.298 e. The van der Waals surface area contributed by atoms with Gasteiger partial charge >= 0.3 is 0 Å². The summed E-state index contributed by atoms with van der Waals surface area (Å²) in [5.74, 6) is -0.116. The Hall–Kier alpha value is -1.69. The van der Waals surface area contributed by atoms with Crippen molar-refractivity contribution in [3.8, 4) is 0 Å². The Morgan fingerprint density at radius 1 is 1.13 bits per heavy atom. The summed E-state index contributed by atoms with van der Waals surface area (Å²) >= 11 is 0. The topological polar surface area (TPSA) is 46.6 Å². The lowest BCUT2D eigenvalue weighted by atomic mass is 9.76. The number of hydrogen-bond donors (Lipinski definition) is 0. The number of rotatable bonds is 2. The van der Waals surface area contributed by atoms with Gasteiger partial charge in [0.15, 0.2) is 5.72 Å². The fraction of sp³-hybridized carbons (Fsp3) is 0.333. The zero-order valence-electron chi connectivity index (χ0n) is 13.0. The Balaban J connectivity index is 1.96. The summed E-state index contributed by atoms with van der Waals surface area (Å²) in [4.78, 5) is 2.37. The van der Waals surface area contributed by atoms with Crippen LogP contribution in [0.25, 0.3) is 0 Å². The van der Waals surface area contributed by atoms with Crippen LogP contribution < -0.4 is 0 Å². The average Bonchev–Trinajstić information content (AvgIpc) is 2.61. The molecule has 0 saturated carbocycles. The highest BCUT2D eigenvalue weighted by molar-refractivity contribution is 7.86. The Morgan fingerprint density at radius 2 is 1.87 bits per heavy atom. The maximum Gasteiger partial charge on any atom is 0.298 e. The second kappa shape index (κ2) is 5.16. The standard InChI is InChI=1S/C18H19NO3S/c1-2-19-12-11-18(19)17(14-7-4-3-5-8-14)15-9-6-10-16(13-15)23(20,21)22-18/h3-10,13,17H,2,11-12H2,1H3. The van der Waals surface area contributed by atoms with Crippen molar-refractivity contribution in [2.24, 2.45) is 0 Å². The Kier molecular flexibility index (Phi) is 3.34. The fourth-order valence-corrected chi connectivity index (χ4v) is 5.12. The van der Waals surface area contributed by atoms with Crippen LogP contribution in [-0.2, 0) is 14.3 Å². The first kappa shape index (κ1) is 14.9. The molecule has 2 aliphatic rings. The van der Waals surface area contributed by atoms with E-state index in [1.165, 1.54) is 0 Å². The lowest BCUT2D eigenvalue weighted by Gasteiger charge is -2.54. The first-order valence-corrected chi connectivity index (χ1v) is 9.33. The van der Waals surface area contributed by atoms with Crippen molar-refractivity contribution in [2.75, 3.05) is 13.1 Å². The molecule has 0 radical (unpaired) electrons. The van der Waals surface area contributed by atoms with Gasteiger partial charge in [0.2, 0.25) is 0 Å². The van der Waals surface area contributed by atoms with Gasteiger partial charge in [-0.3, -0.25) is 4.90 Å². The lowest BCUT2D eigenvalue weighted by molar-refractivity contribution is -0.164. The molecule has 2 unspecified atom stereocenters. The smallest absolute Gasteiger partial charge is 0.274 e. The van der Waals surface area contributed by atoms with Crippen LogP contribution in [0.4, 0.5) is 0 Å². The van der Waals surface area contributed by atoms with Crippen molar-refractivity contribution in [1.82, 2.24) is 4.90 Å². The van der Waals surface area contributed by atoms with E-state index < -0.39 is 15.8 Å².